The van der Waals surface area contributed by atoms with Gasteiger partial charge in [0.1, 0.15) is 0 Å². The molecule has 1 rings (SSSR count). The van der Waals surface area contributed by atoms with Crippen molar-refractivity contribution in [3.63, 3.8) is 0 Å². The first-order chi connectivity index (χ1) is 9.85. The summed E-state index contributed by atoms with van der Waals surface area (Å²) in [5.41, 5.74) is -0.730. The zero-order valence-corrected chi connectivity index (χ0v) is 10.8. The average Bonchev–Trinajstić information content (AvgIpc) is 2.41. The third-order valence-electron chi connectivity index (χ3n) is 2.42. The highest BCUT2D eigenvalue weighted by atomic mass is 19.1. The number of aliphatic carboxylic acids is 1. The van der Waals surface area contributed by atoms with Crippen molar-refractivity contribution in [3.8, 4) is 0 Å². The third-order valence-corrected chi connectivity index (χ3v) is 2.42. The number of methoxy groups -OCH3 is 1. The first kappa shape index (κ1) is 16.3. The number of nitrogens with zero attached hydrogens (tertiary/aromatic N) is 1. The van der Waals surface area contributed by atoms with Gasteiger partial charge in [-0.2, -0.15) is 0 Å². The Labute approximate surface area is 117 Å². The van der Waals surface area contributed by atoms with Crippen LogP contribution in [-0.4, -0.2) is 41.8 Å². The monoisotopic (exact) mass is 301 g/mol. The van der Waals surface area contributed by atoms with Gasteiger partial charge in [0.05, 0.1) is 23.2 Å². The second-order valence-electron chi connectivity index (χ2n) is 3.82. The van der Waals surface area contributed by atoms with E-state index < -0.39 is 34.5 Å². The van der Waals surface area contributed by atoms with Crippen LogP contribution in [0.1, 0.15) is 0 Å². The van der Waals surface area contributed by atoms with Crippen LogP contribution in [0.5, 0.6) is 0 Å². The minimum absolute atomic E-state index is 0.276. The predicted molar refractivity (Wildman–Crippen MR) is 68.5 cm³/mol. The number of rotatable bonds is 6. The maximum Gasteiger partial charge on any atom is 0.334 e. The van der Waals surface area contributed by atoms with Gasteiger partial charge >= 0.3 is 12.0 Å². The van der Waals surface area contributed by atoms with Crippen LogP contribution >= 0.6 is 0 Å². The number of benzene rings is 1. The Morgan fingerprint density at radius 2 is 2.19 bits per heavy atom. The molecule has 0 aliphatic rings. The van der Waals surface area contributed by atoms with Crippen molar-refractivity contribution in [3.05, 3.63) is 34.1 Å². The van der Waals surface area contributed by atoms with E-state index in [4.69, 9.17) is 5.11 Å². The number of nitrogens with one attached hydrogen (secondary N) is 2. The lowest BCUT2D eigenvalue weighted by Crippen LogP contribution is -2.39. The normalized spacial score (nSPS) is 11.5. The number of amides is 2. The number of non-ortho nitro benzene ring substituents is 1. The van der Waals surface area contributed by atoms with E-state index in [0.29, 0.717) is 6.07 Å². The Bertz CT molecular complexity index is 565. The van der Waals surface area contributed by atoms with E-state index in [1.54, 1.807) is 0 Å². The van der Waals surface area contributed by atoms with E-state index >= 15 is 0 Å². The minimum atomic E-state index is -1.26. The fraction of sp³-hybridized carbons (Fsp3) is 0.273. The van der Waals surface area contributed by atoms with E-state index in [1.165, 1.54) is 0 Å². The molecule has 0 fully saturated rings. The van der Waals surface area contributed by atoms with Gasteiger partial charge in [0, 0.05) is 13.2 Å². The summed E-state index contributed by atoms with van der Waals surface area (Å²) in [5, 5.41) is 23.4. The summed E-state index contributed by atoms with van der Waals surface area (Å²) in [6, 6.07) is 1.84. The lowest BCUT2D eigenvalue weighted by molar-refractivity contribution is -0.385. The van der Waals surface area contributed by atoms with Crippen molar-refractivity contribution in [2.24, 2.45) is 0 Å². The van der Waals surface area contributed by atoms with E-state index in [2.05, 4.69) is 15.4 Å². The molecular weight excluding hydrogens is 289 g/mol. The second-order valence-corrected chi connectivity index (χ2v) is 3.82. The molecule has 0 aliphatic carbocycles. The van der Waals surface area contributed by atoms with Crippen LogP contribution < -0.4 is 10.6 Å². The van der Waals surface area contributed by atoms with Crippen LogP contribution in [0, 0.1) is 15.9 Å². The van der Waals surface area contributed by atoms with E-state index in [0.717, 1.165) is 19.2 Å². The molecule has 0 bridgehead atoms. The number of hydrogen-bond acceptors (Lipinski definition) is 5. The molecule has 0 heterocycles. The number of nitro groups is 1. The molecule has 114 valence electrons. The van der Waals surface area contributed by atoms with Gasteiger partial charge in [-0.25, -0.2) is 14.0 Å². The number of anilines is 1. The molecule has 3 N–H and O–H groups in total. The van der Waals surface area contributed by atoms with E-state index in [1.807, 2.05) is 0 Å². The van der Waals surface area contributed by atoms with Gasteiger partial charge in [-0.05, 0) is 6.07 Å². The van der Waals surface area contributed by atoms with Gasteiger partial charge in [0.25, 0.3) is 5.69 Å². The molecule has 0 saturated heterocycles. The molecule has 1 aromatic rings. The quantitative estimate of drug-likeness (QED) is 0.529. The molecule has 0 spiro atoms. The Morgan fingerprint density at radius 1 is 1.52 bits per heavy atom. The molecule has 1 aromatic carbocycles. The maximum atomic E-state index is 13.5. The minimum Gasteiger partial charge on any atom is -0.479 e. The molecule has 1 atom stereocenters. The summed E-state index contributed by atoms with van der Waals surface area (Å²) in [7, 11) is 1.16. The number of ether oxygens (including phenoxy) is 1. The number of urea groups is 1. The van der Waals surface area contributed by atoms with Crippen molar-refractivity contribution in [1.82, 2.24) is 5.32 Å². The number of carbonyl (C=O) groups excluding carboxylic acids is 1. The third kappa shape index (κ3) is 4.69. The summed E-state index contributed by atoms with van der Waals surface area (Å²) in [4.78, 5) is 31.7. The van der Waals surface area contributed by atoms with Gasteiger partial charge in [0.15, 0.2) is 11.9 Å². The van der Waals surface area contributed by atoms with Gasteiger partial charge in [0.2, 0.25) is 0 Å². The van der Waals surface area contributed by atoms with Crippen molar-refractivity contribution in [2.75, 3.05) is 19.0 Å². The molecule has 9 nitrogen and oxygen atoms in total. The number of carbonyl (C=O) groups is 2. The molecule has 21 heavy (non-hydrogen) atoms. The first-order valence-corrected chi connectivity index (χ1v) is 5.59. The Morgan fingerprint density at radius 3 is 2.67 bits per heavy atom. The number of carboxylic acid groups (broad SMARTS) is 1. The van der Waals surface area contributed by atoms with Crippen molar-refractivity contribution >= 4 is 23.4 Å². The van der Waals surface area contributed by atoms with Crippen LogP contribution in [0.15, 0.2) is 18.2 Å². The Balaban J connectivity index is 2.63. The average molecular weight is 301 g/mol. The number of nitro benzene ring substituents is 1. The number of carboxylic acids is 1. The highest BCUT2D eigenvalue weighted by Gasteiger charge is 2.18. The number of halogens is 1. The van der Waals surface area contributed by atoms with Crippen LogP contribution in [0.4, 0.5) is 20.6 Å². The second kappa shape index (κ2) is 7.14. The molecule has 0 aliphatic heterocycles. The molecule has 1 unspecified atom stereocenters. The summed E-state index contributed by atoms with van der Waals surface area (Å²) in [6.45, 7) is -0.327. The van der Waals surface area contributed by atoms with Crippen molar-refractivity contribution in [2.45, 2.75) is 6.10 Å². The lowest BCUT2D eigenvalue weighted by Gasteiger charge is -2.12. The summed E-state index contributed by atoms with van der Waals surface area (Å²) in [5.74, 6) is -2.25. The van der Waals surface area contributed by atoms with Crippen molar-refractivity contribution in [1.29, 1.82) is 0 Å². The summed E-state index contributed by atoms with van der Waals surface area (Å²) < 4.78 is 18.1. The van der Waals surface area contributed by atoms with Crippen LogP contribution in [0.25, 0.3) is 0 Å². The molecule has 2 amide bonds. The van der Waals surface area contributed by atoms with Crippen molar-refractivity contribution < 1.29 is 28.7 Å². The fourth-order valence-electron chi connectivity index (χ4n) is 1.34. The zero-order chi connectivity index (χ0) is 16.0. The topological polar surface area (TPSA) is 131 Å². The van der Waals surface area contributed by atoms with E-state index in [-0.39, 0.29) is 12.2 Å². The maximum absolute atomic E-state index is 13.5. The SMILES string of the molecule is COC(CNC(=O)Nc1ccc([N+](=O)[O-])cc1F)C(=O)O. The smallest absolute Gasteiger partial charge is 0.334 e. The highest BCUT2D eigenvalue weighted by Crippen LogP contribution is 2.20. The predicted octanol–water partition coefficient (Wildman–Crippen LogP) is 0.955. The van der Waals surface area contributed by atoms with Gasteiger partial charge in [-0.1, -0.05) is 0 Å². The molecule has 0 radical (unpaired) electrons. The van der Waals surface area contributed by atoms with Crippen LogP contribution in [0.2, 0.25) is 0 Å². The summed E-state index contributed by atoms with van der Waals surface area (Å²) >= 11 is 0. The highest BCUT2D eigenvalue weighted by molar-refractivity contribution is 5.89. The van der Waals surface area contributed by atoms with E-state index in [9.17, 15) is 24.1 Å². The first-order valence-electron chi connectivity index (χ1n) is 5.59. The molecule has 0 saturated carbocycles. The van der Waals surface area contributed by atoms with Gasteiger partial charge in [-0.15, -0.1) is 0 Å². The summed E-state index contributed by atoms with van der Waals surface area (Å²) in [6.07, 6.45) is -1.24. The molecular formula is C11H12FN3O6. The van der Waals surface area contributed by atoms with Gasteiger partial charge < -0.3 is 20.5 Å². The zero-order valence-electron chi connectivity index (χ0n) is 10.8. The fourth-order valence-corrected chi connectivity index (χ4v) is 1.34. The number of hydrogen-bond donors (Lipinski definition) is 3. The van der Waals surface area contributed by atoms with Crippen LogP contribution in [0.3, 0.4) is 0 Å². The Hall–Kier alpha value is -2.75. The Kier molecular flexibility index (Phi) is 5.55. The standard InChI is InChI=1S/C11H12FN3O6/c1-21-9(10(16)17)5-13-11(18)14-8-3-2-6(15(19)20)4-7(8)12/h2-4,9H,5H2,1H3,(H,16,17)(H2,13,14,18). The van der Waals surface area contributed by atoms with Crippen LogP contribution in [-0.2, 0) is 9.53 Å². The largest absolute Gasteiger partial charge is 0.479 e. The molecule has 10 heteroatoms. The lowest BCUT2D eigenvalue weighted by atomic mass is 10.2. The van der Waals surface area contributed by atoms with Gasteiger partial charge in [-0.3, -0.25) is 10.1 Å². The molecule has 0 aromatic heterocycles.